The largest absolute Gasteiger partial charge is 0.355 e. The van der Waals surface area contributed by atoms with Crippen molar-refractivity contribution in [1.82, 2.24) is 4.57 Å². The molecule has 9 aromatic rings. The van der Waals surface area contributed by atoms with E-state index in [0.717, 1.165) is 11.4 Å². The summed E-state index contributed by atoms with van der Waals surface area (Å²) in [6, 6.07) is 63.9. The lowest BCUT2D eigenvalue weighted by Gasteiger charge is -2.17. The van der Waals surface area contributed by atoms with Gasteiger partial charge in [-0.25, -0.2) is 0 Å². The second-order valence-corrected chi connectivity index (χ2v) is 12.6. The van der Waals surface area contributed by atoms with Gasteiger partial charge < -0.3 is 9.88 Å². The third kappa shape index (κ3) is 4.06. The zero-order valence-corrected chi connectivity index (χ0v) is 26.2. The quantitative estimate of drug-likeness (QED) is 0.210. The van der Waals surface area contributed by atoms with Crippen LogP contribution in [0, 0.1) is 0 Å². The van der Waals surface area contributed by atoms with Crippen molar-refractivity contribution in [3.8, 4) is 50.2 Å². The lowest BCUT2D eigenvalue weighted by atomic mass is 9.90. The van der Waals surface area contributed by atoms with Crippen LogP contribution in [-0.4, -0.2) is 4.57 Å². The van der Waals surface area contributed by atoms with Gasteiger partial charge in [0.1, 0.15) is 0 Å². The Kier molecular flexibility index (Phi) is 5.91. The van der Waals surface area contributed by atoms with Crippen molar-refractivity contribution in [2.24, 2.45) is 0 Å². The highest BCUT2D eigenvalue weighted by Gasteiger charge is 2.25. The normalized spacial score (nSPS) is 11.8. The van der Waals surface area contributed by atoms with E-state index in [4.69, 9.17) is 0 Å². The van der Waals surface area contributed by atoms with Gasteiger partial charge in [-0.2, -0.15) is 0 Å². The summed E-state index contributed by atoms with van der Waals surface area (Å²) in [5.41, 5.74) is 15.7. The Morgan fingerprint density at radius 2 is 1.08 bits per heavy atom. The summed E-state index contributed by atoms with van der Waals surface area (Å²) in [5.74, 6) is 0. The van der Waals surface area contributed by atoms with Crippen molar-refractivity contribution < 1.29 is 0 Å². The van der Waals surface area contributed by atoms with E-state index in [1.165, 1.54) is 82.8 Å². The smallest absolute Gasteiger partial charge is 0.0620 e. The van der Waals surface area contributed by atoms with Crippen LogP contribution < -0.4 is 5.32 Å². The maximum Gasteiger partial charge on any atom is 0.0620 e. The number of aromatic nitrogens is 1. The lowest BCUT2D eigenvalue weighted by molar-refractivity contribution is 1.19. The van der Waals surface area contributed by atoms with Gasteiger partial charge >= 0.3 is 0 Å². The minimum absolute atomic E-state index is 1.07. The number of nitrogens with zero attached hydrogens (tertiary/aromatic N) is 1. The van der Waals surface area contributed by atoms with Crippen LogP contribution in [0.1, 0.15) is 0 Å². The number of hydrogen-bond donors (Lipinski definition) is 1. The Hall–Kier alpha value is -6.38. The molecule has 0 unspecified atom stereocenters. The Balaban J connectivity index is 1.23. The van der Waals surface area contributed by atoms with E-state index in [2.05, 4.69) is 186 Å². The van der Waals surface area contributed by atoms with Gasteiger partial charge in [-0.15, -0.1) is 0 Å². The molecule has 0 fully saturated rings. The van der Waals surface area contributed by atoms with Crippen LogP contribution in [0.4, 0.5) is 11.4 Å². The molecule has 0 spiro atoms. The highest BCUT2D eigenvalue weighted by molar-refractivity contribution is 6.17. The molecule has 1 aliphatic rings. The van der Waals surface area contributed by atoms with Crippen LogP contribution in [0.2, 0.25) is 0 Å². The molecule has 0 bridgehead atoms. The molecule has 2 heteroatoms. The van der Waals surface area contributed by atoms with Crippen LogP contribution in [0.3, 0.4) is 0 Å². The zero-order valence-electron chi connectivity index (χ0n) is 26.2. The first kappa shape index (κ1) is 26.8. The molecule has 48 heavy (non-hydrogen) atoms. The fourth-order valence-electron chi connectivity index (χ4n) is 7.79. The summed E-state index contributed by atoms with van der Waals surface area (Å²) in [5, 5.41) is 8.71. The van der Waals surface area contributed by atoms with Gasteiger partial charge in [-0.3, -0.25) is 0 Å². The van der Waals surface area contributed by atoms with E-state index >= 15 is 0 Å². The Morgan fingerprint density at radius 1 is 0.396 bits per heavy atom. The molecule has 0 aliphatic carbocycles. The van der Waals surface area contributed by atoms with E-state index in [-0.39, 0.29) is 0 Å². The van der Waals surface area contributed by atoms with Crippen molar-refractivity contribution in [1.29, 1.82) is 0 Å². The molecule has 0 saturated carbocycles. The Morgan fingerprint density at radius 3 is 1.96 bits per heavy atom. The van der Waals surface area contributed by atoms with E-state index in [0.29, 0.717) is 0 Å². The van der Waals surface area contributed by atoms with Crippen molar-refractivity contribution in [3.05, 3.63) is 176 Å². The van der Waals surface area contributed by atoms with Crippen LogP contribution in [-0.2, 0) is 0 Å². The summed E-state index contributed by atoms with van der Waals surface area (Å²) >= 11 is 0. The first-order valence-electron chi connectivity index (χ1n) is 16.5. The first-order valence-corrected chi connectivity index (χ1v) is 16.5. The van der Waals surface area contributed by atoms with Crippen molar-refractivity contribution in [3.63, 3.8) is 0 Å². The summed E-state index contributed by atoms with van der Waals surface area (Å²) in [7, 11) is 0. The predicted octanol–water partition coefficient (Wildman–Crippen LogP) is 12.7. The fourth-order valence-corrected chi connectivity index (χ4v) is 7.79. The minimum Gasteiger partial charge on any atom is -0.355 e. The topological polar surface area (TPSA) is 17.0 Å². The molecule has 0 radical (unpaired) electrons. The van der Waals surface area contributed by atoms with Gasteiger partial charge in [0.15, 0.2) is 0 Å². The van der Waals surface area contributed by atoms with Crippen LogP contribution >= 0.6 is 0 Å². The molecule has 224 valence electrons. The monoisotopic (exact) mass is 610 g/mol. The maximum absolute atomic E-state index is 3.72. The van der Waals surface area contributed by atoms with Crippen molar-refractivity contribution in [2.45, 2.75) is 0 Å². The van der Waals surface area contributed by atoms with Gasteiger partial charge in [-0.1, -0.05) is 127 Å². The molecule has 0 atom stereocenters. The average molecular weight is 611 g/mol. The minimum atomic E-state index is 1.07. The van der Waals surface area contributed by atoms with Crippen LogP contribution in [0.25, 0.3) is 82.8 Å². The lowest BCUT2D eigenvalue weighted by Crippen LogP contribution is -1.95. The Labute approximate surface area is 279 Å². The van der Waals surface area contributed by atoms with E-state index in [9.17, 15) is 0 Å². The van der Waals surface area contributed by atoms with Crippen molar-refractivity contribution >= 4 is 44.0 Å². The van der Waals surface area contributed by atoms with Gasteiger partial charge in [0, 0.05) is 38.8 Å². The second kappa shape index (κ2) is 10.6. The third-order valence-corrected chi connectivity index (χ3v) is 9.89. The average Bonchev–Trinajstić information content (AvgIpc) is 3.42. The molecular weight excluding hydrogens is 581 g/mol. The highest BCUT2D eigenvalue weighted by atomic mass is 15.0. The number of benzene rings is 8. The van der Waals surface area contributed by atoms with Gasteiger partial charge in [-0.05, 0) is 87.1 Å². The van der Waals surface area contributed by atoms with Crippen LogP contribution in [0.5, 0.6) is 0 Å². The van der Waals surface area contributed by atoms with Gasteiger partial charge in [0.25, 0.3) is 0 Å². The third-order valence-electron chi connectivity index (χ3n) is 9.89. The van der Waals surface area contributed by atoms with Gasteiger partial charge in [0.05, 0.1) is 16.7 Å². The van der Waals surface area contributed by atoms with E-state index in [1.54, 1.807) is 0 Å². The number of para-hydroxylation sites is 3. The standard InChI is InChI=1S/C46H30N2/c1-2-16-34(17-3-1)47-42-26-25-30-13-4-5-18-35(30)45(42)32-15-12-14-31(27-32)33-28-40-37-20-7-6-19-36(37)38-21-8-10-23-43(38)48-44-24-11-9-22-39(44)41(29-33)46(40)48/h1-29,47H. The highest BCUT2D eigenvalue weighted by Crippen LogP contribution is 2.48. The number of fused-ring (bicyclic) bond motifs is 9. The van der Waals surface area contributed by atoms with E-state index in [1.807, 2.05) is 0 Å². The molecule has 2 heterocycles. The molecule has 1 aromatic heterocycles. The molecule has 10 rings (SSSR count). The number of hydrogen-bond acceptors (Lipinski definition) is 1. The number of rotatable bonds is 4. The maximum atomic E-state index is 3.72. The molecule has 1 aliphatic heterocycles. The van der Waals surface area contributed by atoms with Crippen LogP contribution in [0.15, 0.2) is 176 Å². The molecule has 1 N–H and O–H groups in total. The zero-order chi connectivity index (χ0) is 31.6. The van der Waals surface area contributed by atoms with Gasteiger partial charge in [0.2, 0.25) is 0 Å². The summed E-state index contributed by atoms with van der Waals surface area (Å²) in [6.45, 7) is 0. The molecule has 2 nitrogen and oxygen atoms in total. The van der Waals surface area contributed by atoms with Crippen molar-refractivity contribution in [2.75, 3.05) is 5.32 Å². The first-order chi connectivity index (χ1) is 23.8. The second-order valence-electron chi connectivity index (χ2n) is 12.6. The summed E-state index contributed by atoms with van der Waals surface area (Å²) in [4.78, 5) is 0. The van der Waals surface area contributed by atoms with E-state index < -0.39 is 0 Å². The molecular formula is C46H30N2. The fraction of sp³-hybridized carbons (Fsp3) is 0. The SMILES string of the molecule is c1ccc(Nc2ccc3ccccc3c2-c2cccc(-c3cc4c5c(c3)c3ccccc3n5-c3ccccc3-c3ccccc3-4)c2)cc1. The molecule has 8 aromatic carbocycles. The molecule has 0 amide bonds. The number of anilines is 2. The number of nitrogens with one attached hydrogen (secondary N) is 1. The Bertz CT molecular complexity index is 2700. The molecule has 0 saturated heterocycles. The summed E-state index contributed by atoms with van der Waals surface area (Å²) in [6.07, 6.45) is 0. The summed E-state index contributed by atoms with van der Waals surface area (Å²) < 4.78 is 2.48. The predicted molar refractivity (Wildman–Crippen MR) is 203 cm³/mol.